The molecule has 0 unspecified atom stereocenters. The van der Waals surface area contributed by atoms with Crippen molar-refractivity contribution in [2.45, 2.75) is 19.6 Å². The molecule has 4 rings (SSSR count). The van der Waals surface area contributed by atoms with Gasteiger partial charge in [-0.1, -0.05) is 30.3 Å². The first kappa shape index (κ1) is 12.4. The second-order valence-corrected chi connectivity index (χ2v) is 5.54. The van der Waals surface area contributed by atoms with Gasteiger partial charge in [0.25, 0.3) is 0 Å². The van der Waals surface area contributed by atoms with Crippen molar-refractivity contribution >= 4 is 17.0 Å². The molecule has 106 valence electrons. The van der Waals surface area contributed by atoms with Crippen molar-refractivity contribution in [1.29, 1.82) is 0 Å². The molecule has 3 aromatic rings. The fourth-order valence-electron chi connectivity index (χ4n) is 2.94. The lowest BCUT2D eigenvalue weighted by Gasteiger charge is -2.08. The fraction of sp³-hybridized carbons (Fsp3) is 0.235. The molecule has 1 aromatic heterocycles. The summed E-state index contributed by atoms with van der Waals surface area (Å²) in [7, 11) is 2.05. The van der Waals surface area contributed by atoms with Crippen LogP contribution in [0, 0.1) is 0 Å². The summed E-state index contributed by atoms with van der Waals surface area (Å²) in [5, 5.41) is 6.82. The minimum Gasteiger partial charge on any atom is -0.352 e. The number of hydrogen-bond donors (Lipinski definition) is 2. The van der Waals surface area contributed by atoms with Crippen molar-refractivity contribution in [3.05, 3.63) is 59.2 Å². The average Bonchev–Trinajstić information content (AvgIpc) is 3.10. The maximum Gasteiger partial charge on any atom is 0.203 e. The molecule has 0 aliphatic carbocycles. The third-order valence-corrected chi connectivity index (χ3v) is 4.14. The summed E-state index contributed by atoms with van der Waals surface area (Å²) in [6, 6.07) is 14.9. The van der Waals surface area contributed by atoms with E-state index in [0.29, 0.717) is 0 Å². The Balaban J connectivity index is 1.57. The van der Waals surface area contributed by atoms with Crippen LogP contribution >= 0.6 is 0 Å². The van der Waals surface area contributed by atoms with Gasteiger partial charge in [-0.2, -0.15) is 0 Å². The molecule has 0 bridgehead atoms. The van der Waals surface area contributed by atoms with Gasteiger partial charge in [-0.25, -0.2) is 4.98 Å². The number of rotatable bonds is 3. The predicted octanol–water partition coefficient (Wildman–Crippen LogP) is 2.79. The summed E-state index contributed by atoms with van der Waals surface area (Å²) in [4.78, 5) is 4.64. The van der Waals surface area contributed by atoms with Crippen LogP contribution in [-0.4, -0.2) is 9.55 Å². The van der Waals surface area contributed by atoms with Gasteiger partial charge in [0.1, 0.15) is 0 Å². The van der Waals surface area contributed by atoms with E-state index in [0.717, 1.165) is 36.6 Å². The zero-order valence-electron chi connectivity index (χ0n) is 12.1. The van der Waals surface area contributed by atoms with Gasteiger partial charge in [0, 0.05) is 26.7 Å². The van der Waals surface area contributed by atoms with E-state index in [1.54, 1.807) is 0 Å². The van der Waals surface area contributed by atoms with Gasteiger partial charge >= 0.3 is 0 Å². The Kier molecular flexibility index (Phi) is 2.89. The van der Waals surface area contributed by atoms with Crippen molar-refractivity contribution in [2.75, 3.05) is 5.32 Å². The van der Waals surface area contributed by atoms with Gasteiger partial charge in [0.15, 0.2) is 0 Å². The first-order chi connectivity index (χ1) is 10.3. The fourth-order valence-corrected chi connectivity index (χ4v) is 2.94. The summed E-state index contributed by atoms with van der Waals surface area (Å²) >= 11 is 0. The number of fused-ring (bicyclic) bond motifs is 2. The van der Waals surface area contributed by atoms with Gasteiger partial charge in [0.2, 0.25) is 5.95 Å². The molecule has 1 aliphatic rings. The van der Waals surface area contributed by atoms with E-state index in [1.807, 2.05) is 25.2 Å². The molecule has 2 heterocycles. The number of aryl methyl sites for hydroxylation is 1. The van der Waals surface area contributed by atoms with Crippen LogP contribution in [0.5, 0.6) is 0 Å². The first-order valence-corrected chi connectivity index (χ1v) is 7.28. The van der Waals surface area contributed by atoms with Crippen LogP contribution in [0.1, 0.15) is 16.7 Å². The van der Waals surface area contributed by atoms with Crippen LogP contribution in [0.3, 0.4) is 0 Å². The number of aromatic nitrogens is 2. The van der Waals surface area contributed by atoms with Crippen LogP contribution < -0.4 is 10.6 Å². The molecule has 2 N–H and O–H groups in total. The maximum atomic E-state index is 4.64. The Labute approximate surface area is 123 Å². The average molecular weight is 278 g/mol. The highest BCUT2D eigenvalue weighted by atomic mass is 15.2. The minimum absolute atomic E-state index is 0.796. The summed E-state index contributed by atoms with van der Waals surface area (Å²) in [6.45, 7) is 2.77. The zero-order valence-corrected chi connectivity index (χ0v) is 12.1. The molecule has 0 fully saturated rings. The lowest BCUT2D eigenvalue weighted by atomic mass is 10.1. The number of para-hydroxylation sites is 2. The third-order valence-electron chi connectivity index (χ3n) is 4.14. The molecular weight excluding hydrogens is 260 g/mol. The van der Waals surface area contributed by atoms with E-state index in [2.05, 4.69) is 44.5 Å². The Morgan fingerprint density at radius 2 is 2.00 bits per heavy atom. The normalized spacial score (nSPS) is 13.6. The molecule has 0 atom stereocenters. The molecule has 1 aliphatic heterocycles. The Bertz CT molecular complexity index is 804. The largest absolute Gasteiger partial charge is 0.352 e. The van der Waals surface area contributed by atoms with Gasteiger partial charge < -0.3 is 15.2 Å². The van der Waals surface area contributed by atoms with Crippen molar-refractivity contribution in [3.63, 3.8) is 0 Å². The molecule has 0 radical (unpaired) electrons. The first-order valence-electron chi connectivity index (χ1n) is 7.28. The van der Waals surface area contributed by atoms with Crippen LogP contribution in [0.4, 0.5) is 5.95 Å². The van der Waals surface area contributed by atoms with Crippen LogP contribution in [0.25, 0.3) is 11.0 Å². The van der Waals surface area contributed by atoms with E-state index < -0.39 is 0 Å². The lowest BCUT2D eigenvalue weighted by molar-refractivity contribution is 0.764. The highest BCUT2D eigenvalue weighted by Crippen LogP contribution is 2.20. The van der Waals surface area contributed by atoms with Crippen LogP contribution in [0.15, 0.2) is 42.5 Å². The van der Waals surface area contributed by atoms with Gasteiger partial charge in [-0.05, 0) is 28.8 Å². The predicted molar refractivity (Wildman–Crippen MR) is 85.0 cm³/mol. The summed E-state index contributed by atoms with van der Waals surface area (Å²) in [5.74, 6) is 0.912. The summed E-state index contributed by atoms with van der Waals surface area (Å²) in [5.41, 5.74) is 6.31. The molecule has 0 amide bonds. The van der Waals surface area contributed by atoms with Crippen molar-refractivity contribution in [3.8, 4) is 0 Å². The highest BCUT2D eigenvalue weighted by molar-refractivity contribution is 5.78. The number of imidazole rings is 1. The number of benzene rings is 2. The van der Waals surface area contributed by atoms with E-state index in [4.69, 9.17) is 0 Å². The quantitative estimate of drug-likeness (QED) is 0.774. The molecule has 0 saturated heterocycles. The van der Waals surface area contributed by atoms with Gasteiger partial charge in [-0.15, -0.1) is 0 Å². The zero-order chi connectivity index (χ0) is 14.2. The van der Waals surface area contributed by atoms with Gasteiger partial charge in [-0.3, -0.25) is 0 Å². The SMILES string of the molecule is Cn1c(NCc2ccc3c(c2)CNC3)nc2ccccc21. The number of nitrogens with zero attached hydrogens (tertiary/aromatic N) is 2. The maximum absolute atomic E-state index is 4.64. The van der Waals surface area contributed by atoms with Crippen molar-refractivity contribution in [2.24, 2.45) is 7.05 Å². The Morgan fingerprint density at radius 1 is 1.14 bits per heavy atom. The third kappa shape index (κ3) is 2.17. The van der Waals surface area contributed by atoms with Gasteiger partial charge in [0.05, 0.1) is 11.0 Å². The molecule has 21 heavy (non-hydrogen) atoms. The minimum atomic E-state index is 0.796. The molecule has 0 saturated carbocycles. The van der Waals surface area contributed by atoms with Crippen molar-refractivity contribution in [1.82, 2.24) is 14.9 Å². The lowest BCUT2D eigenvalue weighted by Crippen LogP contribution is -2.05. The Morgan fingerprint density at radius 3 is 2.90 bits per heavy atom. The molecule has 4 heteroatoms. The molecule has 4 nitrogen and oxygen atoms in total. The standard InChI is InChI=1S/C17H18N4/c1-21-16-5-3-2-4-15(16)20-17(21)19-9-12-6-7-13-10-18-11-14(13)8-12/h2-8,18H,9-11H2,1H3,(H,19,20). The van der Waals surface area contributed by atoms with E-state index in [1.165, 1.54) is 16.7 Å². The summed E-state index contributed by atoms with van der Waals surface area (Å²) < 4.78 is 2.10. The second-order valence-electron chi connectivity index (χ2n) is 5.54. The second kappa shape index (κ2) is 4.90. The number of nitrogens with one attached hydrogen (secondary N) is 2. The van der Waals surface area contributed by atoms with Crippen LogP contribution in [-0.2, 0) is 26.7 Å². The van der Waals surface area contributed by atoms with E-state index >= 15 is 0 Å². The number of anilines is 1. The summed E-state index contributed by atoms with van der Waals surface area (Å²) in [6.07, 6.45) is 0. The molecular formula is C17H18N4. The van der Waals surface area contributed by atoms with E-state index in [-0.39, 0.29) is 0 Å². The monoisotopic (exact) mass is 278 g/mol. The smallest absolute Gasteiger partial charge is 0.203 e. The highest BCUT2D eigenvalue weighted by Gasteiger charge is 2.11. The van der Waals surface area contributed by atoms with Crippen molar-refractivity contribution < 1.29 is 0 Å². The molecule has 0 spiro atoms. The van der Waals surface area contributed by atoms with E-state index in [9.17, 15) is 0 Å². The van der Waals surface area contributed by atoms with Crippen LogP contribution in [0.2, 0.25) is 0 Å². The number of hydrogen-bond acceptors (Lipinski definition) is 3. The Hall–Kier alpha value is -2.33. The molecule has 2 aromatic carbocycles. The topological polar surface area (TPSA) is 41.9 Å².